The molecule has 0 radical (unpaired) electrons. The van der Waals surface area contributed by atoms with E-state index < -0.39 is 0 Å². The fourth-order valence-corrected chi connectivity index (χ4v) is 1.25. The Morgan fingerprint density at radius 3 is 2.36 bits per heavy atom. The van der Waals surface area contributed by atoms with Gasteiger partial charge in [0.1, 0.15) is 5.75 Å². The van der Waals surface area contributed by atoms with Crippen molar-refractivity contribution in [2.24, 2.45) is 0 Å². The van der Waals surface area contributed by atoms with Gasteiger partial charge in [-0.1, -0.05) is 30.3 Å². The lowest BCUT2D eigenvalue weighted by Crippen LogP contribution is -1.79. The summed E-state index contributed by atoms with van der Waals surface area (Å²) >= 11 is 0. The van der Waals surface area contributed by atoms with Gasteiger partial charge < -0.3 is 5.11 Å². The van der Waals surface area contributed by atoms with E-state index in [4.69, 9.17) is 0 Å². The third-order valence-corrected chi connectivity index (χ3v) is 1.88. The van der Waals surface area contributed by atoms with Crippen molar-refractivity contribution in [1.29, 1.82) is 0 Å². The average Bonchev–Trinajstić information content (AvgIpc) is 2.20. The van der Waals surface area contributed by atoms with Crippen LogP contribution in [0.25, 0.3) is 11.1 Å². The number of aromatic nitrogens is 1. The molecule has 2 nitrogen and oxygen atoms in total. The van der Waals surface area contributed by atoms with Crippen LogP contribution in [0.15, 0.2) is 48.8 Å². The zero-order valence-corrected chi connectivity index (χ0v) is 8.24. The standard InChI is InChI=1S/C11H9NO.ClH/c13-11-8-12-7-6-10(11)9-4-2-1-3-5-9;/h1-8,13H;1H. The predicted octanol–water partition coefficient (Wildman–Crippen LogP) is 2.88. The fourth-order valence-electron chi connectivity index (χ4n) is 1.25. The lowest BCUT2D eigenvalue weighted by Gasteiger charge is -2.02. The van der Waals surface area contributed by atoms with E-state index in [0.717, 1.165) is 11.1 Å². The van der Waals surface area contributed by atoms with Crippen LogP contribution < -0.4 is 0 Å². The van der Waals surface area contributed by atoms with E-state index in [2.05, 4.69) is 4.98 Å². The van der Waals surface area contributed by atoms with Gasteiger partial charge in [0.25, 0.3) is 0 Å². The molecule has 0 bridgehead atoms. The molecule has 1 aromatic carbocycles. The molecule has 1 heterocycles. The van der Waals surface area contributed by atoms with Crippen LogP contribution in [0.2, 0.25) is 0 Å². The first kappa shape index (κ1) is 10.5. The largest absolute Gasteiger partial charge is 0.506 e. The first-order chi connectivity index (χ1) is 6.38. The van der Waals surface area contributed by atoms with Gasteiger partial charge in [0, 0.05) is 11.8 Å². The van der Waals surface area contributed by atoms with E-state index in [1.54, 1.807) is 12.3 Å². The molecule has 0 atom stereocenters. The molecule has 0 amide bonds. The zero-order chi connectivity index (χ0) is 9.10. The molecule has 0 unspecified atom stereocenters. The number of nitrogens with zero attached hydrogens (tertiary/aromatic N) is 1. The van der Waals surface area contributed by atoms with E-state index in [1.165, 1.54) is 6.20 Å². The highest BCUT2D eigenvalue weighted by atomic mass is 35.5. The topological polar surface area (TPSA) is 33.1 Å². The van der Waals surface area contributed by atoms with E-state index in [-0.39, 0.29) is 18.2 Å². The molecule has 72 valence electrons. The Bertz CT molecular complexity index is 403. The minimum Gasteiger partial charge on any atom is -0.506 e. The van der Waals surface area contributed by atoms with Crippen molar-refractivity contribution >= 4 is 12.4 Å². The first-order valence-electron chi connectivity index (χ1n) is 4.06. The highest BCUT2D eigenvalue weighted by molar-refractivity contribution is 5.85. The Labute approximate surface area is 88.7 Å². The van der Waals surface area contributed by atoms with Gasteiger partial charge in [-0.3, -0.25) is 4.98 Å². The minimum atomic E-state index is 0. The van der Waals surface area contributed by atoms with Crippen LogP contribution in [0.1, 0.15) is 0 Å². The molecule has 0 aliphatic rings. The molecule has 0 spiro atoms. The summed E-state index contributed by atoms with van der Waals surface area (Å²) < 4.78 is 0. The minimum absolute atomic E-state index is 0. The maximum atomic E-state index is 9.50. The van der Waals surface area contributed by atoms with Crippen molar-refractivity contribution in [3.05, 3.63) is 48.8 Å². The average molecular weight is 208 g/mol. The number of aromatic hydroxyl groups is 1. The van der Waals surface area contributed by atoms with Gasteiger partial charge >= 0.3 is 0 Å². The SMILES string of the molecule is Cl.Oc1cnccc1-c1ccccc1. The molecule has 0 fully saturated rings. The zero-order valence-electron chi connectivity index (χ0n) is 7.42. The quantitative estimate of drug-likeness (QED) is 0.780. The summed E-state index contributed by atoms with van der Waals surface area (Å²) in [5, 5.41) is 9.50. The van der Waals surface area contributed by atoms with Crippen molar-refractivity contribution in [2.75, 3.05) is 0 Å². The van der Waals surface area contributed by atoms with Crippen LogP contribution in [0.3, 0.4) is 0 Å². The van der Waals surface area contributed by atoms with Gasteiger partial charge in [-0.15, -0.1) is 12.4 Å². The summed E-state index contributed by atoms with van der Waals surface area (Å²) in [7, 11) is 0. The second-order valence-electron chi connectivity index (χ2n) is 2.76. The Kier molecular flexibility index (Phi) is 3.48. The highest BCUT2D eigenvalue weighted by Crippen LogP contribution is 2.26. The van der Waals surface area contributed by atoms with Gasteiger partial charge in [0.2, 0.25) is 0 Å². The molecule has 0 aliphatic heterocycles. The third-order valence-electron chi connectivity index (χ3n) is 1.88. The number of hydrogen-bond acceptors (Lipinski definition) is 2. The van der Waals surface area contributed by atoms with Crippen molar-refractivity contribution in [1.82, 2.24) is 4.98 Å². The van der Waals surface area contributed by atoms with Crippen molar-refractivity contribution in [3.63, 3.8) is 0 Å². The molecule has 3 heteroatoms. The molecule has 0 saturated heterocycles. The van der Waals surface area contributed by atoms with Gasteiger partial charge in [0.15, 0.2) is 0 Å². The molecule has 1 aromatic heterocycles. The van der Waals surface area contributed by atoms with Crippen LogP contribution >= 0.6 is 12.4 Å². The van der Waals surface area contributed by atoms with Gasteiger partial charge in [-0.05, 0) is 11.6 Å². The number of benzene rings is 1. The van der Waals surface area contributed by atoms with Gasteiger partial charge in [-0.25, -0.2) is 0 Å². The summed E-state index contributed by atoms with van der Waals surface area (Å²) in [4.78, 5) is 3.82. The molecular weight excluding hydrogens is 198 g/mol. The van der Waals surface area contributed by atoms with Crippen LogP contribution in [-0.4, -0.2) is 10.1 Å². The second-order valence-corrected chi connectivity index (χ2v) is 2.76. The van der Waals surface area contributed by atoms with Gasteiger partial charge in [-0.2, -0.15) is 0 Å². The van der Waals surface area contributed by atoms with Crippen molar-refractivity contribution < 1.29 is 5.11 Å². The smallest absolute Gasteiger partial charge is 0.141 e. The van der Waals surface area contributed by atoms with E-state index in [9.17, 15) is 5.11 Å². The Hall–Kier alpha value is -1.54. The Morgan fingerprint density at radius 1 is 1.00 bits per heavy atom. The van der Waals surface area contributed by atoms with Crippen LogP contribution in [0.5, 0.6) is 5.75 Å². The molecule has 14 heavy (non-hydrogen) atoms. The fraction of sp³-hybridized carbons (Fsp3) is 0. The summed E-state index contributed by atoms with van der Waals surface area (Å²) in [5.74, 6) is 0.216. The second kappa shape index (κ2) is 4.63. The van der Waals surface area contributed by atoms with Crippen LogP contribution in [-0.2, 0) is 0 Å². The van der Waals surface area contributed by atoms with Crippen LogP contribution in [0, 0.1) is 0 Å². The van der Waals surface area contributed by atoms with Gasteiger partial charge in [0.05, 0.1) is 6.20 Å². The summed E-state index contributed by atoms with van der Waals surface area (Å²) in [6.07, 6.45) is 3.12. The molecule has 2 aromatic rings. The monoisotopic (exact) mass is 207 g/mol. The highest BCUT2D eigenvalue weighted by Gasteiger charge is 2.01. The summed E-state index contributed by atoms with van der Waals surface area (Å²) in [5.41, 5.74) is 1.82. The Morgan fingerprint density at radius 2 is 1.71 bits per heavy atom. The maximum absolute atomic E-state index is 9.50. The third kappa shape index (κ3) is 2.03. The number of pyridine rings is 1. The van der Waals surface area contributed by atoms with Crippen molar-refractivity contribution in [2.45, 2.75) is 0 Å². The molecule has 0 saturated carbocycles. The maximum Gasteiger partial charge on any atom is 0.141 e. The molecule has 2 rings (SSSR count). The molecule has 1 N–H and O–H groups in total. The van der Waals surface area contributed by atoms with E-state index in [1.807, 2.05) is 30.3 Å². The molecular formula is C11H10ClNO. The summed E-state index contributed by atoms with van der Waals surface area (Å²) in [6, 6.07) is 11.5. The lowest BCUT2D eigenvalue weighted by atomic mass is 10.1. The van der Waals surface area contributed by atoms with Crippen LogP contribution in [0.4, 0.5) is 0 Å². The number of halogens is 1. The van der Waals surface area contributed by atoms with E-state index in [0.29, 0.717) is 0 Å². The number of rotatable bonds is 1. The summed E-state index contributed by atoms with van der Waals surface area (Å²) in [6.45, 7) is 0. The first-order valence-corrected chi connectivity index (χ1v) is 4.06. The molecule has 0 aliphatic carbocycles. The predicted molar refractivity (Wildman–Crippen MR) is 58.6 cm³/mol. The normalized spacial score (nSPS) is 9.14. The van der Waals surface area contributed by atoms with Crippen molar-refractivity contribution in [3.8, 4) is 16.9 Å². The van der Waals surface area contributed by atoms with E-state index >= 15 is 0 Å². The Balaban J connectivity index is 0.000000980. The lowest BCUT2D eigenvalue weighted by molar-refractivity contribution is 0.475. The number of hydrogen-bond donors (Lipinski definition) is 1.